The maximum atomic E-state index is 12.1. The number of pyridine rings is 1. The van der Waals surface area contributed by atoms with Crippen molar-refractivity contribution in [2.45, 2.75) is 52.8 Å². The summed E-state index contributed by atoms with van der Waals surface area (Å²) in [6.07, 6.45) is 4.23. The van der Waals surface area contributed by atoms with Crippen molar-refractivity contribution in [2.24, 2.45) is 4.99 Å². The van der Waals surface area contributed by atoms with Gasteiger partial charge < -0.3 is 20.3 Å². The van der Waals surface area contributed by atoms with Gasteiger partial charge in [-0.05, 0) is 56.9 Å². The second kappa shape index (κ2) is 13.9. The molecule has 8 heteroatoms. The van der Waals surface area contributed by atoms with E-state index in [1.54, 1.807) is 18.1 Å². The summed E-state index contributed by atoms with van der Waals surface area (Å²) in [7, 11) is 1.74. The van der Waals surface area contributed by atoms with Gasteiger partial charge in [-0.25, -0.2) is 9.79 Å². The highest BCUT2D eigenvalue weighted by molar-refractivity contribution is 14.0. The molecule has 7 nitrogen and oxygen atoms in total. The van der Waals surface area contributed by atoms with E-state index in [9.17, 15) is 4.79 Å². The van der Waals surface area contributed by atoms with Crippen molar-refractivity contribution in [1.29, 1.82) is 0 Å². The third kappa shape index (κ3) is 10.8. The van der Waals surface area contributed by atoms with Gasteiger partial charge in [-0.15, -0.1) is 24.0 Å². The first kappa shape index (κ1) is 27.7. The molecule has 1 aromatic carbocycles. The molecule has 1 amide bonds. The monoisotopic (exact) mass is 553 g/mol. The second-order valence-corrected chi connectivity index (χ2v) is 8.39. The number of guanidine groups is 1. The summed E-state index contributed by atoms with van der Waals surface area (Å²) in [5.41, 5.74) is 2.84. The molecule has 2 aromatic rings. The first-order valence-electron chi connectivity index (χ1n) is 10.7. The van der Waals surface area contributed by atoms with E-state index in [4.69, 9.17) is 4.74 Å². The van der Waals surface area contributed by atoms with Crippen LogP contribution in [-0.4, -0.2) is 47.7 Å². The minimum atomic E-state index is -0.497. The zero-order chi connectivity index (χ0) is 22.7. The van der Waals surface area contributed by atoms with Crippen molar-refractivity contribution in [1.82, 2.24) is 20.5 Å². The number of aromatic nitrogens is 1. The normalized spacial score (nSPS) is 11.3. The van der Waals surface area contributed by atoms with Gasteiger partial charge in [0.2, 0.25) is 0 Å². The van der Waals surface area contributed by atoms with Gasteiger partial charge in [-0.3, -0.25) is 4.98 Å². The Morgan fingerprint density at radius 2 is 1.78 bits per heavy atom. The molecule has 1 aromatic heterocycles. The fourth-order valence-corrected chi connectivity index (χ4v) is 2.81. The van der Waals surface area contributed by atoms with Crippen LogP contribution in [0.4, 0.5) is 4.79 Å². The zero-order valence-corrected chi connectivity index (χ0v) is 22.1. The van der Waals surface area contributed by atoms with E-state index in [-0.39, 0.29) is 30.1 Å². The smallest absolute Gasteiger partial charge is 0.410 e. The third-order valence-corrected chi connectivity index (χ3v) is 4.34. The number of ether oxygens (including phenoxy) is 1. The Kier molecular flexibility index (Phi) is 12.0. The van der Waals surface area contributed by atoms with Gasteiger partial charge in [-0.2, -0.15) is 0 Å². The van der Waals surface area contributed by atoms with Crippen LogP contribution in [0.2, 0.25) is 0 Å². The maximum absolute atomic E-state index is 12.1. The highest BCUT2D eigenvalue weighted by atomic mass is 127. The van der Waals surface area contributed by atoms with Crippen molar-refractivity contribution in [3.8, 4) is 0 Å². The molecular weight excluding hydrogens is 517 g/mol. The molecule has 0 bridgehead atoms. The summed E-state index contributed by atoms with van der Waals surface area (Å²) in [6.45, 7) is 10.3. The molecule has 0 aliphatic heterocycles. The third-order valence-electron chi connectivity index (χ3n) is 4.34. The van der Waals surface area contributed by atoms with Gasteiger partial charge in [0.05, 0.1) is 6.54 Å². The number of nitrogens with one attached hydrogen (secondary N) is 2. The van der Waals surface area contributed by atoms with Gasteiger partial charge in [0.25, 0.3) is 0 Å². The second-order valence-electron chi connectivity index (χ2n) is 8.39. The molecule has 0 aliphatic rings. The molecular formula is C24H36IN5O2. The van der Waals surface area contributed by atoms with E-state index in [1.165, 1.54) is 5.56 Å². The number of rotatable bonds is 8. The van der Waals surface area contributed by atoms with Crippen LogP contribution in [0.25, 0.3) is 0 Å². The molecule has 1 heterocycles. The molecule has 0 saturated heterocycles. The molecule has 2 rings (SSSR count). The Morgan fingerprint density at radius 3 is 2.38 bits per heavy atom. The minimum absolute atomic E-state index is 0. The van der Waals surface area contributed by atoms with Crippen molar-refractivity contribution < 1.29 is 9.53 Å². The fraction of sp³-hybridized carbons (Fsp3) is 0.458. The Balaban J connectivity index is 0.00000512. The summed E-state index contributed by atoms with van der Waals surface area (Å²) >= 11 is 0. The van der Waals surface area contributed by atoms with E-state index < -0.39 is 5.60 Å². The van der Waals surface area contributed by atoms with Gasteiger partial charge in [0.15, 0.2) is 5.96 Å². The predicted octanol–water partition coefficient (Wildman–Crippen LogP) is 4.36. The highest BCUT2D eigenvalue weighted by Crippen LogP contribution is 2.12. The van der Waals surface area contributed by atoms with E-state index in [0.717, 1.165) is 36.6 Å². The Hall–Kier alpha value is -2.36. The SMILES string of the molecule is CCNC(=NCc1ccc(CN(C)C(=O)OC(C)(C)C)cc1)NCCc1cccnc1.I. The predicted molar refractivity (Wildman–Crippen MR) is 140 cm³/mol. The number of hydrogen-bond acceptors (Lipinski definition) is 4. The fourth-order valence-electron chi connectivity index (χ4n) is 2.81. The number of carbonyl (C=O) groups excluding carboxylic acids is 1. The van der Waals surface area contributed by atoms with Gasteiger partial charge >= 0.3 is 6.09 Å². The van der Waals surface area contributed by atoms with Gasteiger partial charge in [0, 0.05) is 39.1 Å². The van der Waals surface area contributed by atoms with Crippen LogP contribution in [-0.2, 0) is 24.2 Å². The number of carbonyl (C=O) groups is 1. The Labute approximate surface area is 209 Å². The van der Waals surface area contributed by atoms with Crippen molar-refractivity contribution in [2.75, 3.05) is 20.1 Å². The van der Waals surface area contributed by atoms with Crippen molar-refractivity contribution in [3.63, 3.8) is 0 Å². The maximum Gasteiger partial charge on any atom is 0.410 e. The number of nitrogens with zero attached hydrogens (tertiary/aromatic N) is 3. The van der Waals surface area contributed by atoms with E-state index >= 15 is 0 Å². The average molecular weight is 553 g/mol. The molecule has 2 N–H and O–H groups in total. The lowest BCUT2D eigenvalue weighted by molar-refractivity contribution is 0.0285. The molecule has 176 valence electrons. The first-order chi connectivity index (χ1) is 14.8. The van der Waals surface area contributed by atoms with Crippen LogP contribution in [0, 0.1) is 0 Å². The lowest BCUT2D eigenvalue weighted by Crippen LogP contribution is -2.38. The zero-order valence-electron chi connectivity index (χ0n) is 19.7. The standard InChI is InChI=1S/C24H35N5O2.HI/c1-6-26-22(27-15-13-19-8-7-14-25-16-19)28-17-20-9-11-21(12-10-20)18-29(5)23(30)31-24(2,3)4;/h7-12,14,16H,6,13,15,17-18H2,1-5H3,(H2,26,27,28);1H. The van der Waals surface area contributed by atoms with Crippen LogP contribution < -0.4 is 10.6 Å². The summed E-state index contributed by atoms with van der Waals surface area (Å²) < 4.78 is 5.40. The quantitative estimate of drug-likeness (QED) is 0.289. The lowest BCUT2D eigenvalue weighted by Gasteiger charge is -2.24. The number of benzene rings is 1. The summed E-state index contributed by atoms with van der Waals surface area (Å²) in [5, 5.41) is 6.63. The van der Waals surface area contributed by atoms with E-state index in [0.29, 0.717) is 13.1 Å². The summed E-state index contributed by atoms with van der Waals surface area (Å²) in [4.78, 5) is 22.5. The number of amides is 1. The van der Waals surface area contributed by atoms with Crippen molar-refractivity contribution >= 4 is 36.0 Å². The van der Waals surface area contributed by atoms with Crippen LogP contribution in [0.1, 0.15) is 44.4 Å². The van der Waals surface area contributed by atoms with E-state index in [2.05, 4.69) is 26.7 Å². The largest absolute Gasteiger partial charge is 0.444 e. The average Bonchev–Trinajstić information content (AvgIpc) is 2.72. The van der Waals surface area contributed by atoms with E-state index in [1.807, 2.05) is 64.2 Å². The van der Waals surface area contributed by atoms with Crippen LogP contribution >= 0.6 is 24.0 Å². The minimum Gasteiger partial charge on any atom is -0.444 e. The highest BCUT2D eigenvalue weighted by Gasteiger charge is 2.19. The Bertz CT molecular complexity index is 836. The van der Waals surface area contributed by atoms with Crippen molar-refractivity contribution in [3.05, 3.63) is 65.5 Å². The van der Waals surface area contributed by atoms with Gasteiger partial charge in [-0.1, -0.05) is 30.3 Å². The molecule has 0 saturated carbocycles. The molecule has 0 unspecified atom stereocenters. The summed E-state index contributed by atoms with van der Waals surface area (Å²) in [6, 6.07) is 12.1. The number of aliphatic imine (C=N–C) groups is 1. The van der Waals surface area contributed by atoms with Crippen LogP contribution in [0.3, 0.4) is 0 Å². The molecule has 0 aliphatic carbocycles. The van der Waals surface area contributed by atoms with Crippen LogP contribution in [0.15, 0.2) is 53.8 Å². The molecule has 32 heavy (non-hydrogen) atoms. The van der Waals surface area contributed by atoms with Crippen LogP contribution in [0.5, 0.6) is 0 Å². The first-order valence-corrected chi connectivity index (χ1v) is 10.7. The molecule has 0 fully saturated rings. The molecule has 0 atom stereocenters. The summed E-state index contributed by atoms with van der Waals surface area (Å²) in [5.74, 6) is 0.792. The molecule has 0 radical (unpaired) electrons. The topological polar surface area (TPSA) is 78.9 Å². The molecule has 0 spiro atoms. The number of hydrogen-bond donors (Lipinski definition) is 2. The lowest BCUT2D eigenvalue weighted by atomic mass is 10.1. The Morgan fingerprint density at radius 1 is 1.09 bits per heavy atom. The number of halogens is 1. The van der Waals surface area contributed by atoms with Gasteiger partial charge in [0.1, 0.15) is 5.60 Å².